The van der Waals surface area contributed by atoms with Crippen molar-refractivity contribution >= 4 is 23.3 Å². The van der Waals surface area contributed by atoms with Crippen molar-refractivity contribution in [1.82, 2.24) is 24.8 Å². The van der Waals surface area contributed by atoms with E-state index in [1.165, 1.54) is 0 Å². The molecule has 0 saturated carbocycles. The molecule has 5 rings (SSSR count). The highest BCUT2D eigenvalue weighted by Crippen LogP contribution is 2.36. The molecule has 1 saturated heterocycles. The van der Waals surface area contributed by atoms with Crippen LogP contribution in [0.4, 0.5) is 32.1 Å². The van der Waals surface area contributed by atoms with Crippen molar-refractivity contribution < 1.29 is 13.5 Å². The Balaban J connectivity index is 1.32. The molecule has 11 heteroatoms. The van der Waals surface area contributed by atoms with Crippen LogP contribution in [0.2, 0.25) is 0 Å². The third-order valence-corrected chi connectivity index (χ3v) is 6.96. The monoisotopic (exact) mass is 524 g/mol. The molecule has 38 heavy (non-hydrogen) atoms. The predicted molar refractivity (Wildman–Crippen MR) is 144 cm³/mol. The number of rotatable bonds is 7. The van der Waals surface area contributed by atoms with Gasteiger partial charge in [-0.05, 0) is 58.8 Å². The Morgan fingerprint density at radius 1 is 1.05 bits per heavy atom. The number of ether oxygens (including phenoxy) is 1. The summed E-state index contributed by atoms with van der Waals surface area (Å²) in [5, 5.41) is 3.02. The Kier molecular flexibility index (Phi) is 7.55. The van der Waals surface area contributed by atoms with Crippen LogP contribution in [0.3, 0.4) is 0 Å². The van der Waals surface area contributed by atoms with E-state index in [-0.39, 0.29) is 29.1 Å². The molecule has 0 unspecified atom stereocenters. The minimum atomic E-state index is -0.698. The Bertz CT molecular complexity index is 1260. The average Bonchev–Trinajstić information content (AvgIpc) is 2.90. The molecular formula is C27H34F2N8O. The van der Waals surface area contributed by atoms with Gasteiger partial charge in [0.15, 0.2) is 23.2 Å². The van der Waals surface area contributed by atoms with Gasteiger partial charge < -0.3 is 24.8 Å². The number of hydrogen-bond acceptors (Lipinski definition) is 9. The van der Waals surface area contributed by atoms with Gasteiger partial charge in [0.2, 0.25) is 5.95 Å². The summed E-state index contributed by atoms with van der Waals surface area (Å²) in [4.78, 5) is 23.9. The van der Waals surface area contributed by atoms with E-state index in [0.29, 0.717) is 24.8 Å². The molecule has 3 aromatic rings. The standard InChI is InChI=1S/C27H34F2N8O/c1-17(2)37-11-12-38-25-20(28)13-22(32-26(25)37)24-21(29)15-31-27(34-24)33-23-6-5-19(14-30-23)36-9-7-18(8-10-36)16-35(3)4/h5-6,13-15,17-18H,7-12,16H2,1-4H3,(H,30,31,33,34). The van der Waals surface area contributed by atoms with E-state index in [0.717, 1.165) is 56.3 Å². The van der Waals surface area contributed by atoms with Crippen molar-refractivity contribution in [1.29, 1.82) is 0 Å². The molecule has 202 valence electrons. The summed E-state index contributed by atoms with van der Waals surface area (Å²) in [5.41, 5.74) is 1.03. The molecule has 9 nitrogen and oxygen atoms in total. The lowest BCUT2D eigenvalue weighted by Crippen LogP contribution is -2.39. The first-order chi connectivity index (χ1) is 18.3. The number of aromatic nitrogens is 4. The van der Waals surface area contributed by atoms with Crippen LogP contribution >= 0.6 is 0 Å². The molecule has 0 aromatic carbocycles. The van der Waals surface area contributed by atoms with Crippen molar-refractivity contribution in [2.75, 3.05) is 62.0 Å². The Hall–Kier alpha value is -3.60. The highest BCUT2D eigenvalue weighted by molar-refractivity contribution is 5.66. The van der Waals surface area contributed by atoms with Gasteiger partial charge in [0.25, 0.3) is 0 Å². The highest BCUT2D eigenvalue weighted by atomic mass is 19.1. The molecule has 1 fully saturated rings. The third-order valence-electron chi connectivity index (χ3n) is 6.96. The maximum absolute atomic E-state index is 14.9. The van der Waals surface area contributed by atoms with Gasteiger partial charge in [0.05, 0.1) is 30.3 Å². The van der Waals surface area contributed by atoms with Crippen molar-refractivity contribution in [2.24, 2.45) is 5.92 Å². The molecule has 0 bridgehead atoms. The lowest BCUT2D eigenvalue weighted by atomic mass is 9.96. The number of nitrogens with zero attached hydrogens (tertiary/aromatic N) is 7. The van der Waals surface area contributed by atoms with Crippen LogP contribution in [0.1, 0.15) is 26.7 Å². The quantitative estimate of drug-likeness (QED) is 0.485. The van der Waals surface area contributed by atoms with E-state index in [4.69, 9.17) is 4.74 Å². The zero-order valence-electron chi connectivity index (χ0n) is 22.3. The average molecular weight is 525 g/mol. The molecular weight excluding hydrogens is 490 g/mol. The summed E-state index contributed by atoms with van der Waals surface area (Å²) in [6.45, 7) is 8.02. The van der Waals surface area contributed by atoms with E-state index in [1.807, 2.05) is 37.1 Å². The van der Waals surface area contributed by atoms with Crippen molar-refractivity contribution in [3.8, 4) is 17.1 Å². The van der Waals surface area contributed by atoms with E-state index < -0.39 is 11.6 Å². The first-order valence-electron chi connectivity index (χ1n) is 13.0. The Labute approximate surface area is 221 Å². The van der Waals surface area contributed by atoms with E-state index in [1.54, 1.807) is 0 Å². The van der Waals surface area contributed by atoms with Gasteiger partial charge in [-0.15, -0.1) is 0 Å². The fourth-order valence-electron chi connectivity index (χ4n) is 5.05. The first kappa shape index (κ1) is 26.0. The van der Waals surface area contributed by atoms with E-state index in [9.17, 15) is 8.78 Å². The lowest BCUT2D eigenvalue weighted by Gasteiger charge is -2.34. The molecule has 5 heterocycles. The first-order valence-corrected chi connectivity index (χ1v) is 13.0. The van der Waals surface area contributed by atoms with Crippen LogP contribution in [0.15, 0.2) is 30.6 Å². The zero-order valence-corrected chi connectivity index (χ0v) is 22.3. The van der Waals surface area contributed by atoms with Crippen LogP contribution in [-0.2, 0) is 0 Å². The van der Waals surface area contributed by atoms with Crippen LogP contribution < -0.4 is 19.9 Å². The number of anilines is 4. The lowest BCUT2D eigenvalue weighted by molar-refractivity contribution is 0.285. The summed E-state index contributed by atoms with van der Waals surface area (Å²) >= 11 is 0. The summed E-state index contributed by atoms with van der Waals surface area (Å²) < 4.78 is 35.2. The highest BCUT2D eigenvalue weighted by Gasteiger charge is 2.27. The summed E-state index contributed by atoms with van der Waals surface area (Å²) in [7, 11) is 4.24. The van der Waals surface area contributed by atoms with Crippen LogP contribution in [0, 0.1) is 17.6 Å². The van der Waals surface area contributed by atoms with Crippen molar-refractivity contribution in [3.63, 3.8) is 0 Å². The molecule has 0 atom stereocenters. The smallest absolute Gasteiger partial charge is 0.229 e. The second kappa shape index (κ2) is 11.0. The van der Waals surface area contributed by atoms with Crippen LogP contribution in [0.5, 0.6) is 5.75 Å². The molecule has 0 aliphatic carbocycles. The number of fused-ring (bicyclic) bond motifs is 1. The predicted octanol–water partition coefficient (Wildman–Crippen LogP) is 4.34. The second-order valence-electron chi connectivity index (χ2n) is 10.4. The SMILES string of the molecule is CC(C)N1CCOc2c(F)cc(-c3nc(Nc4ccc(N5CCC(CN(C)C)CC5)cn4)ncc3F)nc21. The topological polar surface area (TPSA) is 82.5 Å². The molecule has 2 aliphatic heterocycles. The molecule has 0 spiro atoms. The molecule has 2 aliphatic rings. The number of nitrogens with one attached hydrogen (secondary N) is 1. The summed E-state index contributed by atoms with van der Waals surface area (Å²) in [6, 6.07) is 5.08. The maximum Gasteiger partial charge on any atom is 0.229 e. The third kappa shape index (κ3) is 5.62. The van der Waals surface area contributed by atoms with Gasteiger partial charge in [0, 0.05) is 31.7 Å². The number of pyridine rings is 2. The second-order valence-corrected chi connectivity index (χ2v) is 10.4. The van der Waals surface area contributed by atoms with Crippen LogP contribution in [-0.4, -0.2) is 77.8 Å². The molecule has 0 amide bonds. The van der Waals surface area contributed by atoms with Crippen molar-refractivity contribution in [3.05, 3.63) is 42.2 Å². The normalized spacial score (nSPS) is 16.1. The van der Waals surface area contributed by atoms with Gasteiger partial charge in [-0.3, -0.25) is 0 Å². The van der Waals surface area contributed by atoms with Gasteiger partial charge in [-0.1, -0.05) is 0 Å². The van der Waals surface area contributed by atoms with Gasteiger partial charge in [-0.25, -0.2) is 28.7 Å². The minimum absolute atomic E-state index is 0.0707. The summed E-state index contributed by atoms with van der Waals surface area (Å²) in [6.07, 6.45) is 5.18. The van der Waals surface area contributed by atoms with E-state index in [2.05, 4.69) is 49.1 Å². The fraction of sp³-hybridized carbons (Fsp3) is 0.481. The number of halogens is 2. The Morgan fingerprint density at radius 3 is 2.53 bits per heavy atom. The number of hydrogen-bond donors (Lipinski definition) is 1. The molecule has 0 radical (unpaired) electrons. The van der Waals surface area contributed by atoms with Crippen LogP contribution in [0.25, 0.3) is 11.4 Å². The van der Waals surface area contributed by atoms with Gasteiger partial charge in [-0.2, -0.15) is 0 Å². The van der Waals surface area contributed by atoms with Gasteiger partial charge in [0.1, 0.15) is 18.1 Å². The molecule has 1 N–H and O–H groups in total. The fourth-order valence-corrected chi connectivity index (χ4v) is 5.05. The minimum Gasteiger partial charge on any atom is -0.485 e. The Morgan fingerprint density at radius 2 is 1.84 bits per heavy atom. The zero-order chi connectivity index (χ0) is 26.8. The summed E-state index contributed by atoms with van der Waals surface area (Å²) in [5.74, 6) is 0.506. The van der Waals surface area contributed by atoms with Crippen molar-refractivity contribution in [2.45, 2.75) is 32.7 Å². The van der Waals surface area contributed by atoms with Gasteiger partial charge >= 0.3 is 0 Å². The largest absolute Gasteiger partial charge is 0.485 e. The maximum atomic E-state index is 14.9. The van der Waals surface area contributed by atoms with E-state index >= 15 is 0 Å². The number of piperidine rings is 1. The molecule has 3 aromatic heterocycles.